The van der Waals surface area contributed by atoms with Crippen LogP contribution in [-0.4, -0.2) is 59.3 Å². The Hall–Kier alpha value is -2.62. The van der Waals surface area contributed by atoms with E-state index in [-0.39, 0.29) is 46.5 Å². The molecule has 1 aromatic heterocycles. The number of nitrogens with zero attached hydrogens (tertiary/aromatic N) is 3. The molecule has 2 amide bonds. The first-order valence-electron chi connectivity index (χ1n) is 10.4. The number of benzene rings is 1. The zero-order valence-electron chi connectivity index (χ0n) is 18.4. The summed E-state index contributed by atoms with van der Waals surface area (Å²) >= 11 is 12.2. The van der Waals surface area contributed by atoms with Crippen LogP contribution in [0.5, 0.6) is 5.75 Å². The number of piperazine rings is 1. The van der Waals surface area contributed by atoms with Gasteiger partial charge < -0.3 is 20.7 Å². The van der Waals surface area contributed by atoms with Crippen LogP contribution in [0.3, 0.4) is 0 Å². The first-order chi connectivity index (χ1) is 15.7. The van der Waals surface area contributed by atoms with Crippen molar-refractivity contribution in [2.75, 3.05) is 38.5 Å². The van der Waals surface area contributed by atoms with Crippen molar-refractivity contribution in [1.82, 2.24) is 20.1 Å². The molecule has 11 heteroatoms. The van der Waals surface area contributed by atoms with Crippen molar-refractivity contribution in [3.63, 3.8) is 0 Å². The van der Waals surface area contributed by atoms with E-state index in [0.29, 0.717) is 37.3 Å². The number of amides is 2. The number of nitrogen functional groups attached to an aromatic ring is 1. The maximum atomic E-state index is 13.9. The Labute approximate surface area is 201 Å². The van der Waals surface area contributed by atoms with Crippen molar-refractivity contribution in [3.05, 3.63) is 51.4 Å². The Kier molecular flexibility index (Phi) is 8.34. The van der Waals surface area contributed by atoms with E-state index in [4.69, 9.17) is 33.7 Å². The van der Waals surface area contributed by atoms with Gasteiger partial charge in [-0.15, -0.1) is 0 Å². The number of carbonyl (C=O) groups is 2. The number of nitrogens with one attached hydrogen (secondary N) is 1. The zero-order chi connectivity index (χ0) is 24.1. The van der Waals surface area contributed by atoms with Gasteiger partial charge in [-0.1, -0.05) is 23.2 Å². The summed E-state index contributed by atoms with van der Waals surface area (Å²) < 4.78 is 19.7. The SMILES string of the molecule is CC(=O)N1CCN(CC(=O)NCc2cnc(N)c(OC(C)c3c(Cl)ccc(F)c3Cl)c2)CC1. The first-order valence-corrected chi connectivity index (χ1v) is 11.2. The molecule has 1 atom stereocenters. The maximum absolute atomic E-state index is 13.9. The van der Waals surface area contributed by atoms with Crippen LogP contribution in [0.2, 0.25) is 10.0 Å². The summed E-state index contributed by atoms with van der Waals surface area (Å²) in [5, 5.41) is 3.00. The lowest BCUT2D eigenvalue weighted by molar-refractivity contribution is -0.131. The molecule has 0 bridgehead atoms. The molecule has 8 nitrogen and oxygen atoms in total. The van der Waals surface area contributed by atoms with E-state index in [9.17, 15) is 14.0 Å². The smallest absolute Gasteiger partial charge is 0.234 e. The largest absolute Gasteiger partial charge is 0.482 e. The third-order valence-electron chi connectivity index (χ3n) is 5.40. The third-order valence-corrected chi connectivity index (χ3v) is 6.12. The zero-order valence-corrected chi connectivity index (χ0v) is 19.9. The molecule has 0 saturated carbocycles. The number of rotatable bonds is 7. The van der Waals surface area contributed by atoms with Crippen molar-refractivity contribution in [3.8, 4) is 5.75 Å². The minimum Gasteiger partial charge on any atom is -0.482 e. The van der Waals surface area contributed by atoms with Crippen LogP contribution in [0.1, 0.15) is 31.1 Å². The van der Waals surface area contributed by atoms with Gasteiger partial charge in [-0.2, -0.15) is 0 Å². The van der Waals surface area contributed by atoms with E-state index < -0.39 is 11.9 Å². The maximum Gasteiger partial charge on any atom is 0.234 e. The molecule has 1 fully saturated rings. The average molecular weight is 498 g/mol. The van der Waals surface area contributed by atoms with E-state index >= 15 is 0 Å². The molecule has 1 saturated heterocycles. The lowest BCUT2D eigenvalue weighted by Gasteiger charge is -2.33. The summed E-state index contributed by atoms with van der Waals surface area (Å²) in [5.74, 6) is -0.284. The lowest BCUT2D eigenvalue weighted by atomic mass is 10.1. The molecule has 1 aliphatic heterocycles. The van der Waals surface area contributed by atoms with Crippen molar-refractivity contribution >= 4 is 40.8 Å². The highest BCUT2D eigenvalue weighted by molar-refractivity contribution is 6.36. The second-order valence-electron chi connectivity index (χ2n) is 7.80. The Balaban J connectivity index is 1.58. The van der Waals surface area contributed by atoms with E-state index in [0.717, 1.165) is 0 Å². The van der Waals surface area contributed by atoms with Gasteiger partial charge in [0.2, 0.25) is 11.8 Å². The van der Waals surface area contributed by atoms with Gasteiger partial charge in [0.15, 0.2) is 11.6 Å². The molecule has 3 N–H and O–H groups in total. The van der Waals surface area contributed by atoms with E-state index in [1.807, 2.05) is 4.90 Å². The average Bonchev–Trinajstić information content (AvgIpc) is 2.77. The molecule has 3 rings (SSSR count). The third kappa shape index (κ3) is 6.46. The molecule has 0 radical (unpaired) electrons. The van der Waals surface area contributed by atoms with Crippen LogP contribution in [0.25, 0.3) is 0 Å². The van der Waals surface area contributed by atoms with Crippen LogP contribution in [-0.2, 0) is 16.1 Å². The molecule has 178 valence electrons. The highest BCUT2D eigenvalue weighted by Crippen LogP contribution is 2.36. The second-order valence-corrected chi connectivity index (χ2v) is 8.59. The van der Waals surface area contributed by atoms with Crippen molar-refractivity contribution in [2.45, 2.75) is 26.5 Å². The molecular formula is C22H26Cl2FN5O3. The standard InChI is InChI=1S/C22H26Cl2FN5O3/c1-13(20-16(23)3-4-17(25)21(20)24)33-18-9-15(11-28-22(18)26)10-27-19(32)12-29-5-7-30(8-6-29)14(2)31/h3-4,9,11,13H,5-8,10,12H2,1-2H3,(H2,26,28)(H,27,32). The van der Waals surface area contributed by atoms with E-state index in [2.05, 4.69) is 10.3 Å². The Morgan fingerprint density at radius 3 is 2.64 bits per heavy atom. The molecule has 2 aromatic rings. The summed E-state index contributed by atoms with van der Waals surface area (Å²) in [6.07, 6.45) is 0.851. The number of hydrogen-bond acceptors (Lipinski definition) is 6. The Morgan fingerprint density at radius 1 is 1.27 bits per heavy atom. The van der Waals surface area contributed by atoms with Gasteiger partial charge >= 0.3 is 0 Å². The van der Waals surface area contributed by atoms with Crippen molar-refractivity contribution in [1.29, 1.82) is 0 Å². The number of anilines is 1. The Bertz CT molecular complexity index is 1030. The molecule has 33 heavy (non-hydrogen) atoms. The normalized spacial score (nSPS) is 15.2. The summed E-state index contributed by atoms with van der Waals surface area (Å²) in [6, 6.07) is 4.25. The van der Waals surface area contributed by atoms with Gasteiger partial charge in [0.1, 0.15) is 11.9 Å². The molecule has 1 unspecified atom stereocenters. The van der Waals surface area contributed by atoms with Gasteiger partial charge in [0, 0.05) is 56.4 Å². The van der Waals surface area contributed by atoms with Gasteiger partial charge in [0.05, 0.1) is 11.6 Å². The summed E-state index contributed by atoms with van der Waals surface area (Å²) in [6.45, 7) is 6.21. The summed E-state index contributed by atoms with van der Waals surface area (Å²) in [5.41, 5.74) is 6.92. The predicted octanol–water partition coefficient (Wildman–Crippen LogP) is 3.03. The van der Waals surface area contributed by atoms with Crippen LogP contribution in [0, 0.1) is 5.82 Å². The van der Waals surface area contributed by atoms with Crippen LogP contribution in [0.4, 0.5) is 10.2 Å². The molecule has 1 aliphatic rings. The first kappa shape index (κ1) is 25.0. The number of hydrogen-bond donors (Lipinski definition) is 2. The summed E-state index contributed by atoms with van der Waals surface area (Å²) in [7, 11) is 0. The highest BCUT2D eigenvalue weighted by Gasteiger charge is 2.21. The second kappa shape index (κ2) is 11.0. The minimum atomic E-state index is -0.691. The molecule has 0 aliphatic carbocycles. The fourth-order valence-electron chi connectivity index (χ4n) is 3.53. The fraction of sp³-hybridized carbons (Fsp3) is 0.409. The molecule has 1 aromatic carbocycles. The van der Waals surface area contributed by atoms with Gasteiger partial charge in [0.25, 0.3) is 0 Å². The number of pyridine rings is 1. The van der Waals surface area contributed by atoms with Crippen molar-refractivity contribution < 1.29 is 18.7 Å². The Morgan fingerprint density at radius 2 is 1.97 bits per heavy atom. The minimum absolute atomic E-state index is 0.0456. The van der Waals surface area contributed by atoms with Crippen LogP contribution < -0.4 is 15.8 Å². The van der Waals surface area contributed by atoms with Gasteiger partial charge in [-0.25, -0.2) is 9.37 Å². The highest BCUT2D eigenvalue weighted by atomic mass is 35.5. The van der Waals surface area contributed by atoms with Crippen LogP contribution in [0.15, 0.2) is 24.4 Å². The number of halogens is 3. The van der Waals surface area contributed by atoms with Crippen LogP contribution >= 0.6 is 23.2 Å². The quantitative estimate of drug-likeness (QED) is 0.570. The lowest BCUT2D eigenvalue weighted by Crippen LogP contribution is -2.50. The number of carbonyl (C=O) groups excluding carboxylic acids is 2. The van der Waals surface area contributed by atoms with Gasteiger partial charge in [-0.3, -0.25) is 14.5 Å². The number of aromatic nitrogens is 1. The topological polar surface area (TPSA) is 101 Å². The van der Waals surface area contributed by atoms with E-state index in [1.54, 1.807) is 31.0 Å². The molecule has 2 heterocycles. The van der Waals surface area contributed by atoms with Gasteiger partial charge in [-0.05, 0) is 30.7 Å². The fourth-order valence-corrected chi connectivity index (χ4v) is 4.21. The van der Waals surface area contributed by atoms with Crippen molar-refractivity contribution in [2.24, 2.45) is 0 Å². The van der Waals surface area contributed by atoms with E-state index in [1.165, 1.54) is 12.1 Å². The number of nitrogens with two attached hydrogens (primary N) is 1. The summed E-state index contributed by atoms with van der Waals surface area (Å²) in [4.78, 5) is 31.6. The molecular weight excluding hydrogens is 472 g/mol. The number of ether oxygens (including phenoxy) is 1. The predicted molar refractivity (Wildman–Crippen MR) is 125 cm³/mol. The molecule has 0 spiro atoms. The monoisotopic (exact) mass is 497 g/mol.